The Balaban J connectivity index is 2.39. The van der Waals surface area contributed by atoms with Crippen molar-refractivity contribution in [2.45, 2.75) is 0 Å². The number of anilines is 1. The summed E-state index contributed by atoms with van der Waals surface area (Å²) in [4.78, 5) is 13.9. The van der Waals surface area contributed by atoms with Crippen LogP contribution in [0.5, 0.6) is 11.5 Å². The molecule has 0 unspecified atom stereocenters. The number of amides is 1. The number of phenols is 1. The second-order valence-electron chi connectivity index (χ2n) is 4.32. The lowest BCUT2D eigenvalue weighted by molar-refractivity contribution is 0.0992. The van der Waals surface area contributed by atoms with Crippen LogP contribution < -0.4 is 9.64 Å². The SMILES string of the molecule is COc1c(O)cccc1N(C)C(=O)c1ccc(Cl)c(Br)c1. The van der Waals surface area contributed by atoms with E-state index in [9.17, 15) is 9.90 Å². The van der Waals surface area contributed by atoms with Crippen LogP contribution in [0, 0.1) is 0 Å². The largest absolute Gasteiger partial charge is 0.504 e. The van der Waals surface area contributed by atoms with Gasteiger partial charge in [-0.05, 0) is 46.3 Å². The second-order valence-corrected chi connectivity index (χ2v) is 5.58. The van der Waals surface area contributed by atoms with Crippen LogP contribution in [0.15, 0.2) is 40.9 Å². The molecule has 4 nitrogen and oxygen atoms in total. The van der Waals surface area contributed by atoms with Gasteiger partial charge in [0, 0.05) is 17.1 Å². The third-order valence-corrected chi connectivity index (χ3v) is 4.22. The van der Waals surface area contributed by atoms with Gasteiger partial charge in [0.15, 0.2) is 11.5 Å². The zero-order chi connectivity index (χ0) is 15.6. The van der Waals surface area contributed by atoms with Crippen molar-refractivity contribution < 1.29 is 14.6 Å². The van der Waals surface area contributed by atoms with Crippen molar-refractivity contribution in [1.82, 2.24) is 0 Å². The average Bonchev–Trinajstić information content (AvgIpc) is 2.48. The summed E-state index contributed by atoms with van der Waals surface area (Å²) in [5.74, 6) is -0.00965. The van der Waals surface area contributed by atoms with Gasteiger partial charge in [-0.15, -0.1) is 0 Å². The number of phenolic OH excluding ortho intramolecular Hbond substituents is 1. The Kier molecular flexibility index (Phi) is 4.75. The Bertz CT molecular complexity index is 691. The molecule has 110 valence electrons. The molecular formula is C15H13BrClNO3. The Morgan fingerprint density at radius 3 is 2.67 bits per heavy atom. The Hall–Kier alpha value is -1.72. The van der Waals surface area contributed by atoms with Crippen molar-refractivity contribution >= 4 is 39.1 Å². The first-order valence-electron chi connectivity index (χ1n) is 6.04. The lowest BCUT2D eigenvalue weighted by Crippen LogP contribution is -2.26. The number of halogens is 2. The van der Waals surface area contributed by atoms with Crippen molar-refractivity contribution in [3.05, 3.63) is 51.5 Å². The molecule has 1 N–H and O–H groups in total. The minimum Gasteiger partial charge on any atom is -0.504 e. The summed E-state index contributed by atoms with van der Waals surface area (Å²) in [5.41, 5.74) is 0.952. The lowest BCUT2D eigenvalue weighted by Gasteiger charge is -2.20. The molecule has 2 rings (SSSR count). The smallest absolute Gasteiger partial charge is 0.258 e. The number of carbonyl (C=O) groups excluding carboxylic acids is 1. The highest BCUT2D eigenvalue weighted by Gasteiger charge is 2.19. The summed E-state index contributed by atoms with van der Waals surface area (Å²) in [6.07, 6.45) is 0. The standard InChI is InChI=1S/C15H13BrClNO3/c1-18(12-4-3-5-13(19)14(12)21-2)15(20)9-6-7-11(17)10(16)8-9/h3-8,19H,1-2H3. The molecule has 0 saturated heterocycles. The number of hydrogen-bond donors (Lipinski definition) is 1. The van der Waals surface area contributed by atoms with E-state index in [1.165, 1.54) is 18.1 Å². The van der Waals surface area contributed by atoms with E-state index < -0.39 is 0 Å². The van der Waals surface area contributed by atoms with E-state index in [4.69, 9.17) is 16.3 Å². The molecule has 0 saturated carbocycles. The molecule has 0 spiro atoms. The quantitative estimate of drug-likeness (QED) is 0.885. The Morgan fingerprint density at radius 1 is 1.33 bits per heavy atom. The second kappa shape index (κ2) is 6.37. The van der Waals surface area contributed by atoms with Crippen molar-refractivity contribution in [3.8, 4) is 11.5 Å². The van der Waals surface area contributed by atoms with Gasteiger partial charge >= 0.3 is 0 Å². The van der Waals surface area contributed by atoms with Gasteiger partial charge in [0.25, 0.3) is 5.91 Å². The summed E-state index contributed by atoms with van der Waals surface area (Å²) < 4.78 is 5.80. The van der Waals surface area contributed by atoms with Gasteiger partial charge in [0.1, 0.15) is 0 Å². The monoisotopic (exact) mass is 369 g/mol. The summed E-state index contributed by atoms with van der Waals surface area (Å²) in [6.45, 7) is 0. The summed E-state index contributed by atoms with van der Waals surface area (Å²) in [7, 11) is 3.05. The molecule has 6 heteroatoms. The van der Waals surface area contributed by atoms with Crippen LogP contribution >= 0.6 is 27.5 Å². The van der Waals surface area contributed by atoms with E-state index >= 15 is 0 Å². The van der Waals surface area contributed by atoms with Crippen molar-refractivity contribution in [1.29, 1.82) is 0 Å². The van der Waals surface area contributed by atoms with E-state index in [1.54, 1.807) is 37.4 Å². The van der Waals surface area contributed by atoms with E-state index in [1.807, 2.05) is 0 Å². The van der Waals surface area contributed by atoms with E-state index in [2.05, 4.69) is 15.9 Å². The number of benzene rings is 2. The number of aromatic hydroxyl groups is 1. The molecule has 21 heavy (non-hydrogen) atoms. The molecule has 0 heterocycles. The maximum atomic E-state index is 12.5. The predicted molar refractivity (Wildman–Crippen MR) is 86.5 cm³/mol. The average molecular weight is 371 g/mol. The van der Waals surface area contributed by atoms with E-state index in [-0.39, 0.29) is 17.4 Å². The number of nitrogens with zero attached hydrogens (tertiary/aromatic N) is 1. The van der Waals surface area contributed by atoms with Gasteiger partial charge in [-0.25, -0.2) is 0 Å². The highest BCUT2D eigenvalue weighted by atomic mass is 79.9. The Morgan fingerprint density at radius 2 is 2.05 bits per heavy atom. The number of ether oxygens (including phenoxy) is 1. The minimum absolute atomic E-state index is 0.0214. The van der Waals surface area contributed by atoms with Gasteiger partial charge in [-0.1, -0.05) is 17.7 Å². The number of para-hydroxylation sites is 1. The minimum atomic E-state index is -0.240. The van der Waals surface area contributed by atoms with Gasteiger partial charge in [0.2, 0.25) is 0 Å². The maximum absolute atomic E-state index is 12.5. The molecule has 2 aromatic carbocycles. The van der Waals surface area contributed by atoms with Gasteiger partial charge < -0.3 is 14.7 Å². The number of carbonyl (C=O) groups is 1. The molecule has 0 bridgehead atoms. The third kappa shape index (κ3) is 3.14. The molecule has 1 amide bonds. The predicted octanol–water partition coefficient (Wildman–Crippen LogP) is 4.09. The van der Waals surface area contributed by atoms with Crippen molar-refractivity contribution in [2.24, 2.45) is 0 Å². The van der Waals surface area contributed by atoms with Crippen LogP contribution in [-0.2, 0) is 0 Å². The maximum Gasteiger partial charge on any atom is 0.258 e. The topological polar surface area (TPSA) is 49.8 Å². The van der Waals surface area contributed by atoms with E-state index in [0.717, 1.165) is 0 Å². The first-order valence-corrected chi connectivity index (χ1v) is 7.22. The first-order chi connectivity index (χ1) is 9.95. The molecule has 0 aliphatic rings. The van der Waals surface area contributed by atoms with Crippen LogP contribution in [-0.4, -0.2) is 25.2 Å². The number of rotatable bonds is 3. The highest BCUT2D eigenvalue weighted by molar-refractivity contribution is 9.10. The molecule has 0 aliphatic heterocycles. The van der Waals surface area contributed by atoms with Gasteiger partial charge in [0.05, 0.1) is 17.8 Å². The molecule has 2 aromatic rings. The molecule has 0 atom stereocenters. The van der Waals surface area contributed by atoms with Crippen LogP contribution in [0.25, 0.3) is 0 Å². The van der Waals surface area contributed by atoms with Crippen LogP contribution in [0.4, 0.5) is 5.69 Å². The Labute approximate surface area is 136 Å². The fraction of sp³-hybridized carbons (Fsp3) is 0.133. The van der Waals surface area contributed by atoms with Crippen LogP contribution in [0.1, 0.15) is 10.4 Å². The fourth-order valence-electron chi connectivity index (χ4n) is 1.92. The third-order valence-electron chi connectivity index (χ3n) is 3.01. The number of methoxy groups -OCH3 is 1. The van der Waals surface area contributed by atoms with Crippen molar-refractivity contribution in [3.63, 3.8) is 0 Å². The van der Waals surface area contributed by atoms with Crippen molar-refractivity contribution in [2.75, 3.05) is 19.1 Å². The van der Waals surface area contributed by atoms with E-state index in [0.29, 0.717) is 20.7 Å². The fourth-order valence-corrected chi connectivity index (χ4v) is 2.41. The highest BCUT2D eigenvalue weighted by Crippen LogP contribution is 2.36. The van der Waals surface area contributed by atoms with Crippen LogP contribution in [0.2, 0.25) is 5.02 Å². The normalized spacial score (nSPS) is 10.3. The summed E-state index contributed by atoms with van der Waals surface area (Å²) in [6, 6.07) is 9.78. The molecule has 0 radical (unpaired) electrons. The molecular weight excluding hydrogens is 358 g/mol. The number of hydrogen-bond acceptors (Lipinski definition) is 3. The lowest BCUT2D eigenvalue weighted by atomic mass is 10.2. The van der Waals surface area contributed by atoms with Crippen LogP contribution in [0.3, 0.4) is 0 Å². The van der Waals surface area contributed by atoms with Gasteiger partial charge in [-0.2, -0.15) is 0 Å². The summed E-state index contributed by atoms with van der Waals surface area (Å²) >= 11 is 9.22. The zero-order valence-electron chi connectivity index (χ0n) is 11.4. The molecule has 0 aromatic heterocycles. The zero-order valence-corrected chi connectivity index (χ0v) is 13.8. The first kappa shape index (κ1) is 15.7. The molecule has 0 fully saturated rings. The summed E-state index contributed by atoms with van der Waals surface area (Å²) in [5, 5.41) is 10.3. The molecule has 0 aliphatic carbocycles. The van der Waals surface area contributed by atoms with Gasteiger partial charge in [-0.3, -0.25) is 4.79 Å².